The number of ether oxygens (including phenoxy) is 6. The number of rotatable bonds is 8. The van der Waals surface area contributed by atoms with Crippen LogP contribution in [0.3, 0.4) is 0 Å². The molecule has 6 atom stereocenters. The maximum atomic E-state index is 14.7. The average Bonchev–Trinajstić information content (AvgIpc) is 3.88. The highest BCUT2D eigenvalue weighted by Crippen LogP contribution is 2.70. The topological polar surface area (TPSA) is 97.2 Å². The number of benzene rings is 2. The molecular weight excluding hydrogens is 706 g/mol. The van der Waals surface area contributed by atoms with E-state index in [9.17, 15) is 4.57 Å². The lowest BCUT2D eigenvalue weighted by atomic mass is 9.94. The molecule has 4 heterocycles. The molecule has 0 bridgehead atoms. The molecule has 11 heteroatoms. The van der Waals surface area contributed by atoms with Crippen LogP contribution in [0, 0.1) is 22.7 Å². The van der Waals surface area contributed by atoms with Crippen LogP contribution in [-0.2, 0) is 14.0 Å². The Hall–Kier alpha value is -2.76. The summed E-state index contributed by atoms with van der Waals surface area (Å²) in [6, 6.07) is 12.1. The Balaban J connectivity index is 0.000000204. The largest absolute Gasteiger partial charge is 0.496 e. The normalized spacial score (nSPS) is 26.7. The van der Waals surface area contributed by atoms with E-state index >= 15 is 0 Å². The summed E-state index contributed by atoms with van der Waals surface area (Å²) in [7, 11) is -0.320. The van der Waals surface area contributed by atoms with Crippen LogP contribution in [0.15, 0.2) is 46.4 Å². The highest BCUT2D eigenvalue weighted by atomic mass is 31.2. The summed E-state index contributed by atoms with van der Waals surface area (Å²) in [6.07, 6.45) is 0. The average molecular weight is 771 g/mol. The van der Waals surface area contributed by atoms with Crippen molar-refractivity contribution in [2.75, 3.05) is 27.4 Å². The first-order valence-electron chi connectivity index (χ1n) is 19.0. The third kappa shape index (κ3) is 7.35. The van der Waals surface area contributed by atoms with Gasteiger partial charge in [0.15, 0.2) is 24.8 Å². The van der Waals surface area contributed by atoms with Gasteiger partial charge in [-0.3, -0.25) is 0 Å². The van der Waals surface area contributed by atoms with E-state index in [1.54, 1.807) is 14.2 Å². The van der Waals surface area contributed by atoms with E-state index in [2.05, 4.69) is 68.4 Å². The SMILES string of the molecule is COc1cccc2c1[P@](=O)(C(C)(C)C)[C@@H](C(C)(C)C1=N[C@H](C(C)C)CO1)O2.COc1cccc2c1[P@](C(C)(C)C)C(C(C)(C)C1=N[C@H](C(C)C)CO1)O2. The second-order valence-corrected chi connectivity index (χ2v) is 25.1. The van der Waals surface area contributed by atoms with Crippen LogP contribution in [0.25, 0.3) is 0 Å². The van der Waals surface area contributed by atoms with Crippen molar-refractivity contribution in [3.63, 3.8) is 0 Å². The van der Waals surface area contributed by atoms with Crippen molar-refractivity contribution >= 4 is 37.5 Å². The molecule has 0 saturated heterocycles. The molecular formula is C42H64N2O7P2. The summed E-state index contributed by atoms with van der Waals surface area (Å²) in [4.78, 5) is 9.74. The van der Waals surface area contributed by atoms with E-state index in [1.165, 1.54) is 5.30 Å². The number of hydrogen-bond donors (Lipinski definition) is 0. The van der Waals surface area contributed by atoms with Crippen molar-refractivity contribution in [3.8, 4) is 23.0 Å². The van der Waals surface area contributed by atoms with Gasteiger partial charge < -0.3 is 33.0 Å². The molecule has 2 aromatic rings. The van der Waals surface area contributed by atoms with Gasteiger partial charge in [-0.15, -0.1) is 0 Å². The van der Waals surface area contributed by atoms with Crippen LogP contribution < -0.4 is 29.6 Å². The second-order valence-electron chi connectivity index (χ2n) is 18.5. The zero-order valence-electron chi connectivity index (χ0n) is 35.0. The van der Waals surface area contributed by atoms with Gasteiger partial charge in [0.25, 0.3) is 0 Å². The van der Waals surface area contributed by atoms with E-state index in [4.69, 9.17) is 38.4 Å². The number of hydrogen-bond acceptors (Lipinski definition) is 9. The first-order chi connectivity index (χ1) is 24.5. The number of fused-ring (bicyclic) bond motifs is 2. The third-order valence-corrected chi connectivity index (χ3v) is 19.0. The molecule has 0 spiro atoms. The molecule has 0 aromatic heterocycles. The highest BCUT2D eigenvalue weighted by Gasteiger charge is 2.61. The zero-order chi connectivity index (χ0) is 39.5. The lowest BCUT2D eigenvalue weighted by Crippen LogP contribution is -2.43. The molecule has 4 aliphatic rings. The fourth-order valence-corrected chi connectivity index (χ4v) is 14.7. The van der Waals surface area contributed by atoms with Gasteiger partial charge in [0.2, 0.25) is 0 Å². The van der Waals surface area contributed by atoms with Crippen molar-refractivity contribution in [2.45, 2.75) is 131 Å². The van der Waals surface area contributed by atoms with E-state index in [0.29, 0.717) is 47.8 Å². The van der Waals surface area contributed by atoms with Crippen LogP contribution in [0.2, 0.25) is 0 Å². The fraction of sp³-hybridized carbons (Fsp3) is 0.667. The Morgan fingerprint density at radius 1 is 0.717 bits per heavy atom. The van der Waals surface area contributed by atoms with Crippen LogP contribution in [0.1, 0.15) is 96.9 Å². The molecule has 0 radical (unpaired) electrons. The minimum Gasteiger partial charge on any atom is -0.496 e. The molecule has 4 aliphatic heterocycles. The molecule has 2 aromatic carbocycles. The monoisotopic (exact) mass is 770 g/mol. The summed E-state index contributed by atoms with van der Waals surface area (Å²) in [5.74, 6) is 4.95. The van der Waals surface area contributed by atoms with Gasteiger partial charge in [-0.05, 0) is 76.9 Å². The molecule has 0 fully saturated rings. The highest BCUT2D eigenvalue weighted by molar-refractivity contribution is 7.74. The molecule has 53 heavy (non-hydrogen) atoms. The van der Waals surface area contributed by atoms with Crippen molar-refractivity contribution in [3.05, 3.63) is 36.4 Å². The van der Waals surface area contributed by atoms with Gasteiger partial charge in [-0.1, -0.05) is 81.4 Å². The molecule has 294 valence electrons. The van der Waals surface area contributed by atoms with Crippen LogP contribution in [-0.4, -0.2) is 73.3 Å². The number of methoxy groups -OCH3 is 2. The minimum atomic E-state index is -3.03. The minimum absolute atomic E-state index is 0.00784. The quantitative estimate of drug-likeness (QED) is 0.247. The summed E-state index contributed by atoms with van der Waals surface area (Å²) >= 11 is 0. The van der Waals surface area contributed by atoms with E-state index < -0.39 is 31.5 Å². The molecule has 1 unspecified atom stereocenters. The lowest BCUT2D eigenvalue weighted by Gasteiger charge is -2.39. The summed E-state index contributed by atoms with van der Waals surface area (Å²) in [6.45, 7) is 31.3. The summed E-state index contributed by atoms with van der Waals surface area (Å²) in [5, 5.41) is 1.52. The van der Waals surface area contributed by atoms with E-state index in [-0.39, 0.29) is 28.5 Å². The van der Waals surface area contributed by atoms with E-state index in [0.717, 1.165) is 17.4 Å². The van der Waals surface area contributed by atoms with E-state index in [1.807, 2.05) is 65.0 Å². The molecule has 9 nitrogen and oxygen atoms in total. The zero-order valence-corrected chi connectivity index (χ0v) is 36.8. The van der Waals surface area contributed by atoms with Gasteiger partial charge in [0.1, 0.15) is 42.1 Å². The maximum Gasteiger partial charge on any atom is 0.193 e. The smallest absolute Gasteiger partial charge is 0.193 e. The van der Waals surface area contributed by atoms with Gasteiger partial charge in [0.05, 0.1) is 47.7 Å². The number of aliphatic imine (C=N–C) groups is 2. The van der Waals surface area contributed by atoms with Crippen molar-refractivity contribution in [2.24, 2.45) is 32.7 Å². The first kappa shape index (κ1) is 41.4. The molecule has 0 aliphatic carbocycles. The molecule has 6 rings (SSSR count). The molecule has 0 N–H and O–H groups in total. The Morgan fingerprint density at radius 3 is 1.66 bits per heavy atom. The second kappa shape index (κ2) is 14.7. The third-order valence-electron chi connectivity index (χ3n) is 10.9. The predicted molar refractivity (Wildman–Crippen MR) is 220 cm³/mol. The maximum absolute atomic E-state index is 14.7. The van der Waals surface area contributed by atoms with Crippen molar-refractivity contribution in [1.82, 2.24) is 0 Å². The van der Waals surface area contributed by atoms with Crippen LogP contribution in [0.4, 0.5) is 0 Å². The number of nitrogens with zero attached hydrogens (tertiary/aromatic N) is 2. The lowest BCUT2D eigenvalue weighted by molar-refractivity contribution is 0.167. The predicted octanol–water partition coefficient (Wildman–Crippen LogP) is 9.48. The summed E-state index contributed by atoms with van der Waals surface area (Å²) < 4.78 is 50.9. The Kier molecular flexibility index (Phi) is 11.5. The van der Waals surface area contributed by atoms with Crippen LogP contribution in [0.5, 0.6) is 23.0 Å². The fourth-order valence-electron chi connectivity index (χ4n) is 7.52. The Morgan fingerprint density at radius 2 is 1.21 bits per heavy atom. The van der Waals surface area contributed by atoms with Gasteiger partial charge in [-0.25, -0.2) is 9.98 Å². The van der Waals surface area contributed by atoms with Crippen LogP contribution >= 0.6 is 15.1 Å². The van der Waals surface area contributed by atoms with Gasteiger partial charge >= 0.3 is 0 Å². The van der Waals surface area contributed by atoms with Gasteiger partial charge in [-0.2, -0.15) is 0 Å². The van der Waals surface area contributed by atoms with Crippen molar-refractivity contribution in [1.29, 1.82) is 0 Å². The Labute approximate surface area is 320 Å². The summed E-state index contributed by atoms with van der Waals surface area (Å²) in [5.41, 5.74) is -0.927. The van der Waals surface area contributed by atoms with Gasteiger partial charge in [0, 0.05) is 5.16 Å². The standard InChI is InChI=1S/C21H32NO4P.C21H32NO3P/c1-13(2)14-12-25-18(22-14)21(6,7)19-26-16-11-9-10-15(24-8)17(16)27(19,23)20(3,4)5;1-13(2)14-12-24-18(22-14)21(6,7)19-25-16-11-9-10-15(23-8)17(16)26(19)20(3,4)5/h9-11,13-14,19H,12H2,1-8H3;9-11,13-14,19H,12H2,1-8H3/t14-,19-,27+;14-,19?,26-/m00/s1. The Bertz CT molecular complexity index is 1770. The molecule has 0 saturated carbocycles. The molecule has 0 amide bonds. The van der Waals surface area contributed by atoms with Crippen molar-refractivity contribution < 1.29 is 33.0 Å². The first-order valence-corrected chi connectivity index (χ1v) is 22.2.